The molecule has 0 radical (unpaired) electrons. The van der Waals surface area contributed by atoms with Crippen molar-refractivity contribution >= 4 is 11.9 Å². The quantitative estimate of drug-likeness (QED) is 0.666. The van der Waals surface area contributed by atoms with Gasteiger partial charge in [-0.05, 0) is 88.1 Å². The molecule has 2 atom stereocenters. The van der Waals surface area contributed by atoms with Gasteiger partial charge in [0.25, 0.3) is 0 Å². The Morgan fingerprint density at radius 2 is 1.07 bits per heavy atom. The maximum absolute atomic E-state index is 12.3. The molecule has 0 saturated heterocycles. The van der Waals surface area contributed by atoms with Gasteiger partial charge in [-0.3, -0.25) is 0 Å². The standard InChI is InChI=1S/C23H28O4/c1-14-7-9-20(11-16(14)3)22(24)26-18(5)13-19(6)27-23(25)21-10-8-15(2)17(4)12-21/h7-12,18-19H,13H2,1-6H3. The summed E-state index contributed by atoms with van der Waals surface area (Å²) < 4.78 is 11.0. The summed E-state index contributed by atoms with van der Waals surface area (Å²) in [5, 5.41) is 0. The van der Waals surface area contributed by atoms with E-state index in [-0.39, 0.29) is 24.1 Å². The van der Waals surface area contributed by atoms with Crippen LogP contribution in [0.4, 0.5) is 0 Å². The Labute approximate surface area is 161 Å². The molecule has 0 amide bonds. The van der Waals surface area contributed by atoms with Crippen LogP contribution in [0.1, 0.15) is 63.2 Å². The van der Waals surface area contributed by atoms with Gasteiger partial charge in [0, 0.05) is 6.42 Å². The summed E-state index contributed by atoms with van der Waals surface area (Å²) in [5.74, 6) is -0.725. The molecule has 4 heteroatoms. The van der Waals surface area contributed by atoms with Gasteiger partial charge in [-0.25, -0.2) is 9.59 Å². The van der Waals surface area contributed by atoms with Gasteiger partial charge in [0.15, 0.2) is 0 Å². The number of ether oxygens (including phenoxy) is 2. The minimum absolute atomic E-state index is 0.360. The molecule has 27 heavy (non-hydrogen) atoms. The van der Waals surface area contributed by atoms with Crippen LogP contribution in [0.15, 0.2) is 36.4 Å². The van der Waals surface area contributed by atoms with Gasteiger partial charge < -0.3 is 9.47 Å². The molecule has 2 rings (SSSR count). The fraction of sp³-hybridized carbons (Fsp3) is 0.391. The van der Waals surface area contributed by atoms with E-state index in [4.69, 9.17) is 9.47 Å². The SMILES string of the molecule is Cc1ccc(C(=O)OC(C)CC(C)OC(=O)c2ccc(C)c(C)c2)cc1C. The Bertz CT molecular complexity index is 769. The second-order valence-corrected chi connectivity index (χ2v) is 7.27. The van der Waals surface area contributed by atoms with Crippen LogP contribution in [0.25, 0.3) is 0 Å². The van der Waals surface area contributed by atoms with Crippen LogP contribution in [0, 0.1) is 27.7 Å². The van der Waals surface area contributed by atoms with Gasteiger partial charge >= 0.3 is 11.9 Å². The van der Waals surface area contributed by atoms with Crippen molar-refractivity contribution in [3.63, 3.8) is 0 Å². The highest BCUT2D eigenvalue weighted by molar-refractivity contribution is 5.90. The molecule has 0 aromatic heterocycles. The van der Waals surface area contributed by atoms with Crippen molar-refractivity contribution in [3.05, 3.63) is 69.8 Å². The minimum Gasteiger partial charge on any atom is -0.459 e. The van der Waals surface area contributed by atoms with Gasteiger partial charge in [-0.2, -0.15) is 0 Å². The summed E-state index contributed by atoms with van der Waals surface area (Å²) in [4.78, 5) is 24.6. The maximum Gasteiger partial charge on any atom is 0.338 e. The number of carbonyl (C=O) groups is 2. The van der Waals surface area contributed by atoms with Crippen LogP contribution in [-0.2, 0) is 9.47 Å². The third kappa shape index (κ3) is 5.68. The Hall–Kier alpha value is -2.62. The summed E-state index contributed by atoms with van der Waals surface area (Å²) >= 11 is 0. The molecule has 0 fully saturated rings. The van der Waals surface area contributed by atoms with E-state index >= 15 is 0 Å². The van der Waals surface area contributed by atoms with Crippen molar-refractivity contribution in [1.82, 2.24) is 0 Å². The highest BCUT2D eigenvalue weighted by Crippen LogP contribution is 2.16. The average molecular weight is 368 g/mol. The Kier molecular flexibility index (Phi) is 6.78. The molecule has 2 aromatic rings. The lowest BCUT2D eigenvalue weighted by atomic mass is 10.1. The zero-order chi connectivity index (χ0) is 20.1. The van der Waals surface area contributed by atoms with Gasteiger partial charge in [0.05, 0.1) is 11.1 Å². The predicted molar refractivity (Wildman–Crippen MR) is 106 cm³/mol. The van der Waals surface area contributed by atoms with Crippen molar-refractivity contribution in [2.45, 2.75) is 60.2 Å². The lowest BCUT2D eigenvalue weighted by Crippen LogP contribution is -2.23. The number of hydrogen-bond donors (Lipinski definition) is 0. The summed E-state index contributed by atoms with van der Waals surface area (Å²) in [6.07, 6.45) is -0.281. The monoisotopic (exact) mass is 368 g/mol. The van der Waals surface area contributed by atoms with Gasteiger partial charge in [-0.1, -0.05) is 12.1 Å². The highest BCUT2D eigenvalue weighted by Gasteiger charge is 2.19. The fourth-order valence-corrected chi connectivity index (χ4v) is 2.80. The molecule has 0 aliphatic heterocycles. The zero-order valence-corrected chi connectivity index (χ0v) is 17.0. The molecule has 0 aliphatic rings. The van der Waals surface area contributed by atoms with E-state index in [0.717, 1.165) is 22.3 Å². The van der Waals surface area contributed by atoms with Gasteiger partial charge in [0.1, 0.15) is 12.2 Å². The van der Waals surface area contributed by atoms with Gasteiger partial charge in [0.2, 0.25) is 0 Å². The summed E-state index contributed by atoms with van der Waals surface area (Å²) in [6, 6.07) is 11.0. The number of hydrogen-bond acceptors (Lipinski definition) is 4. The average Bonchev–Trinajstić information content (AvgIpc) is 2.59. The first-order valence-electron chi connectivity index (χ1n) is 9.24. The van der Waals surface area contributed by atoms with Crippen LogP contribution in [0.2, 0.25) is 0 Å². The predicted octanol–water partition coefficient (Wildman–Crippen LogP) is 5.10. The Balaban J connectivity index is 1.89. The Morgan fingerprint density at radius 3 is 1.41 bits per heavy atom. The highest BCUT2D eigenvalue weighted by atomic mass is 16.6. The molecule has 2 aromatic carbocycles. The van der Waals surface area contributed by atoms with E-state index in [2.05, 4.69) is 0 Å². The van der Waals surface area contributed by atoms with Crippen LogP contribution in [0.3, 0.4) is 0 Å². The van der Waals surface area contributed by atoms with Crippen LogP contribution >= 0.6 is 0 Å². The molecule has 144 valence electrons. The Morgan fingerprint density at radius 1 is 0.704 bits per heavy atom. The summed E-state index contributed by atoms with van der Waals surface area (Å²) in [6.45, 7) is 11.5. The molecular weight excluding hydrogens is 340 g/mol. The number of rotatable bonds is 6. The number of carbonyl (C=O) groups excluding carboxylic acids is 2. The minimum atomic E-state index is -0.363. The summed E-state index contributed by atoms with van der Waals surface area (Å²) in [7, 11) is 0. The second-order valence-electron chi connectivity index (χ2n) is 7.27. The van der Waals surface area contributed by atoms with Crippen molar-refractivity contribution in [2.75, 3.05) is 0 Å². The topological polar surface area (TPSA) is 52.6 Å². The molecule has 0 aliphatic carbocycles. The van der Waals surface area contributed by atoms with Crippen LogP contribution in [-0.4, -0.2) is 24.1 Å². The molecule has 2 unspecified atom stereocenters. The number of esters is 2. The van der Waals surface area contributed by atoms with Crippen LogP contribution < -0.4 is 0 Å². The lowest BCUT2D eigenvalue weighted by molar-refractivity contribution is 0.00763. The van der Waals surface area contributed by atoms with Crippen molar-refractivity contribution in [3.8, 4) is 0 Å². The van der Waals surface area contributed by atoms with E-state index in [1.165, 1.54) is 0 Å². The number of aryl methyl sites for hydroxylation is 4. The second kappa shape index (κ2) is 8.85. The third-order valence-corrected chi connectivity index (χ3v) is 4.77. The smallest absolute Gasteiger partial charge is 0.338 e. The van der Waals surface area contributed by atoms with E-state index < -0.39 is 0 Å². The molecule has 0 heterocycles. The van der Waals surface area contributed by atoms with Gasteiger partial charge in [-0.15, -0.1) is 0 Å². The van der Waals surface area contributed by atoms with Crippen molar-refractivity contribution in [2.24, 2.45) is 0 Å². The summed E-state index contributed by atoms with van der Waals surface area (Å²) in [5.41, 5.74) is 5.42. The largest absolute Gasteiger partial charge is 0.459 e. The first kappa shape index (κ1) is 20.7. The fourth-order valence-electron chi connectivity index (χ4n) is 2.80. The van der Waals surface area contributed by atoms with Crippen molar-refractivity contribution < 1.29 is 19.1 Å². The molecule has 0 spiro atoms. The van der Waals surface area contributed by atoms with E-state index in [1.807, 2.05) is 52.0 Å². The van der Waals surface area contributed by atoms with Crippen LogP contribution in [0.5, 0.6) is 0 Å². The third-order valence-electron chi connectivity index (χ3n) is 4.77. The maximum atomic E-state index is 12.3. The first-order valence-corrected chi connectivity index (χ1v) is 9.24. The molecule has 4 nitrogen and oxygen atoms in total. The van der Waals surface area contributed by atoms with E-state index in [1.54, 1.807) is 26.0 Å². The normalized spacial score (nSPS) is 13.0. The molecular formula is C23H28O4. The zero-order valence-electron chi connectivity index (χ0n) is 17.0. The van der Waals surface area contributed by atoms with E-state index in [0.29, 0.717) is 17.5 Å². The molecule has 0 N–H and O–H groups in total. The number of benzene rings is 2. The molecule has 0 saturated carbocycles. The van der Waals surface area contributed by atoms with Crippen molar-refractivity contribution in [1.29, 1.82) is 0 Å². The first-order chi connectivity index (χ1) is 12.7. The van der Waals surface area contributed by atoms with E-state index in [9.17, 15) is 9.59 Å². The molecule has 0 bridgehead atoms. The lowest BCUT2D eigenvalue weighted by Gasteiger charge is -2.19.